The predicted molar refractivity (Wildman–Crippen MR) is 133 cm³/mol. The standard InChI is InChI=1S/C25H28ClF3N4O3/c26-17-2-1-3-20(14-17)32-10-12-33(13-11-32)24(34)16-36-21-7-4-18(5-8-21)30-19-6-9-23(31-35)22(15-19)25(27,28)29/h1-3,6,9,14-15,18,21,30H,4-5,7-8,10-13,16H2. The number of carbonyl (C=O) groups excluding carboxylic acids is 1. The summed E-state index contributed by atoms with van der Waals surface area (Å²) in [5, 5.41) is 6.27. The lowest BCUT2D eigenvalue weighted by atomic mass is 9.92. The second kappa shape index (κ2) is 11.5. The molecule has 36 heavy (non-hydrogen) atoms. The summed E-state index contributed by atoms with van der Waals surface area (Å²) >= 11 is 6.07. The molecule has 0 aromatic heterocycles. The molecular formula is C25H28ClF3N4O3. The van der Waals surface area contributed by atoms with Crippen LogP contribution in [0.1, 0.15) is 31.2 Å². The normalized spacial score (nSPS) is 20.8. The third-order valence-corrected chi connectivity index (χ3v) is 6.93. The highest BCUT2D eigenvalue weighted by Crippen LogP contribution is 2.38. The lowest BCUT2D eigenvalue weighted by Crippen LogP contribution is -2.50. The van der Waals surface area contributed by atoms with Gasteiger partial charge in [-0.3, -0.25) is 4.79 Å². The average Bonchev–Trinajstić information content (AvgIpc) is 2.87. The highest BCUT2D eigenvalue weighted by atomic mass is 35.5. The van der Waals surface area contributed by atoms with Gasteiger partial charge in [-0.25, -0.2) is 0 Å². The summed E-state index contributed by atoms with van der Waals surface area (Å²) in [4.78, 5) is 27.3. The Hall–Kier alpha value is -2.85. The fraction of sp³-hybridized carbons (Fsp3) is 0.480. The first-order chi connectivity index (χ1) is 17.2. The summed E-state index contributed by atoms with van der Waals surface area (Å²) < 4.78 is 45.4. The number of nitroso groups, excluding NO2 is 1. The van der Waals surface area contributed by atoms with Crippen LogP contribution in [-0.2, 0) is 15.7 Å². The van der Waals surface area contributed by atoms with Crippen LogP contribution in [0.2, 0.25) is 5.02 Å². The van der Waals surface area contributed by atoms with Gasteiger partial charge in [0.25, 0.3) is 0 Å². The Kier molecular flexibility index (Phi) is 8.35. The van der Waals surface area contributed by atoms with Gasteiger partial charge in [-0.1, -0.05) is 17.7 Å². The fourth-order valence-corrected chi connectivity index (χ4v) is 4.89. The highest BCUT2D eigenvalue weighted by Gasteiger charge is 2.34. The number of carbonyl (C=O) groups is 1. The Balaban J connectivity index is 1.19. The third kappa shape index (κ3) is 6.67. The number of piperazine rings is 1. The number of nitrogens with zero attached hydrogens (tertiary/aromatic N) is 3. The van der Waals surface area contributed by atoms with E-state index in [1.165, 1.54) is 6.07 Å². The molecule has 2 fully saturated rings. The Morgan fingerprint density at radius 1 is 1.06 bits per heavy atom. The molecule has 0 radical (unpaired) electrons. The van der Waals surface area contributed by atoms with Gasteiger partial charge in [-0.05, 0) is 67.3 Å². The number of amides is 1. The van der Waals surface area contributed by atoms with Crippen LogP contribution < -0.4 is 10.2 Å². The molecule has 2 aromatic carbocycles. The van der Waals surface area contributed by atoms with E-state index in [4.69, 9.17) is 16.3 Å². The lowest BCUT2D eigenvalue weighted by Gasteiger charge is -2.36. The largest absolute Gasteiger partial charge is 0.418 e. The van der Waals surface area contributed by atoms with Crippen molar-refractivity contribution in [2.45, 2.75) is 44.0 Å². The van der Waals surface area contributed by atoms with Gasteiger partial charge in [-0.2, -0.15) is 13.2 Å². The van der Waals surface area contributed by atoms with E-state index in [2.05, 4.69) is 15.4 Å². The first-order valence-electron chi connectivity index (χ1n) is 11.9. The third-order valence-electron chi connectivity index (χ3n) is 6.69. The monoisotopic (exact) mass is 524 g/mol. The van der Waals surface area contributed by atoms with E-state index in [9.17, 15) is 22.9 Å². The molecule has 11 heteroatoms. The van der Waals surface area contributed by atoms with Gasteiger partial charge in [-0.15, -0.1) is 4.91 Å². The first-order valence-corrected chi connectivity index (χ1v) is 12.3. The van der Waals surface area contributed by atoms with Crippen molar-refractivity contribution in [1.29, 1.82) is 0 Å². The van der Waals surface area contributed by atoms with Crippen molar-refractivity contribution < 1.29 is 22.7 Å². The van der Waals surface area contributed by atoms with E-state index in [1.807, 2.05) is 29.2 Å². The zero-order valence-electron chi connectivity index (χ0n) is 19.6. The molecule has 4 rings (SSSR count). The van der Waals surface area contributed by atoms with Gasteiger partial charge in [0.1, 0.15) is 12.3 Å². The molecule has 1 saturated carbocycles. The van der Waals surface area contributed by atoms with Crippen LogP contribution in [0.3, 0.4) is 0 Å². The molecule has 1 N–H and O–H groups in total. The second-order valence-electron chi connectivity index (χ2n) is 9.10. The van der Waals surface area contributed by atoms with Crippen LogP contribution in [0.15, 0.2) is 47.6 Å². The van der Waals surface area contributed by atoms with Gasteiger partial charge in [0, 0.05) is 48.6 Å². The van der Waals surface area contributed by atoms with E-state index in [0.717, 1.165) is 30.9 Å². The summed E-state index contributed by atoms with van der Waals surface area (Å²) in [5.41, 5.74) is -0.333. The van der Waals surface area contributed by atoms with Crippen molar-refractivity contribution in [2.75, 3.05) is 43.0 Å². The predicted octanol–water partition coefficient (Wildman–Crippen LogP) is 5.85. The molecule has 2 aromatic rings. The number of halogens is 4. The number of ether oxygens (including phenoxy) is 1. The number of hydrogen-bond acceptors (Lipinski definition) is 6. The Morgan fingerprint density at radius 3 is 2.42 bits per heavy atom. The lowest BCUT2D eigenvalue weighted by molar-refractivity contribution is -0.139. The first kappa shape index (κ1) is 26.2. The number of rotatable bonds is 7. The van der Waals surface area contributed by atoms with E-state index in [1.54, 1.807) is 0 Å². The zero-order valence-corrected chi connectivity index (χ0v) is 20.4. The highest BCUT2D eigenvalue weighted by molar-refractivity contribution is 6.30. The van der Waals surface area contributed by atoms with Crippen molar-refractivity contribution in [3.8, 4) is 0 Å². The Morgan fingerprint density at radius 2 is 1.78 bits per heavy atom. The molecule has 7 nitrogen and oxygen atoms in total. The molecule has 1 heterocycles. The fourth-order valence-electron chi connectivity index (χ4n) is 4.71. The van der Waals surface area contributed by atoms with E-state index < -0.39 is 17.4 Å². The Labute approximate surface area is 212 Å². The molecule has 1 aliphatic heterocycles. The molecule has 2 aliphatic rings. The van der Waals surface area contributed by atoms with Crippen molar-refractivity contribution in [2.24, 2.45) is 5.18 Å². The van der Waals surface area contributed by atoms with Crippen molar-refractivity contribution >= 4 is 34.6 Å². The van der Waals surface area contributed by atoms with Gasteiger partial charge in [0.2, 0.25) is 5.91 Å². The van der Waals surface area contributed by atoms with E-state index in [-0.39, 0.29) is 24.7 Å². The van der Waals surface area contributed by atoms with Crippen LogP contribution in [0.4, 0.5) is 30.2 Å². The topological polar surface area (TPSA) is 74.2 Å². The molecule has 0 atom stereocenters. The summed E-state index contributed by atoms with van der Waals surface area (Å²) in [6.07, 6.45) is -1.91. The van der Waals surface area contributed by atoms with E-state index in [0.29, 0.717) is 49.5 Å². The molecule has 1 amide bonds. The number of benzene rings is 2. The molecule has 0 bridgehead atoms. The van der Waals surface area contributed by atoms with Crippen molar-refractivity contribution in [1.82, 2.24) is 4.90 Å². The summed E-state index contributed by atoms with van der Waals surface area (Å²) in [6, 6.07) is 11.1. The van der Waals surface area contributed by atoms with Gasteiger partial charge >= 0.3 is 6.18 Å². The summed E-state index contributed by atoms with van der Waals surface area (Å²) in [7, 11) is 0. The van der Waals surface area contributed by atoms with Crippen LogP contribution in [0.5, 0.6) is 0 Å². The van der Waals surface area contributed by atoms with Crippen LogP contribution in [0, 0.1) is 4.91 Å². The van der Waals surface area contributed by atoms with Crippen molar-refractivity contribution in [3.05, 3.63) is 58.0 Å². The Bertz CT molecular complexity index is 1070. The molecule has 194 valence electrons. The molecular weight excluding hydrogens is 497 g/mol. The number of alkyl halides is 3. The molecule has 1 aliphatic carbocycles. The maximum atomic E-state index is 13.2. The van der Waals surface area contributed by atoms with Crippen LogP contribution in [0.25, 0.3) is 0 Å². The minimum Gasteiger partial charge on any atom is -0.382 e. The smallest absolute Gasteiger partial charge is 0.382 e. The number of nitrogens with one attached hydrogen (secondary N) is 1. The molecule has 1 saturated heterocycles. The minimum absolute atomic E-state index is 0.0174. The quantitative estimate of drug-likeness (QED) is 0.460. The summed E-state index contributed by atoms with van der Waals surface area (Å²) in [5.74, 6) is -0.0375. The zero-order chi connectivity index (χ0) is 25.7. The summed E-state index contributed by atoms with van der Waals surface area (Å²) in [6.45, 7) is 2.70. The number of anilines is 2. The molecule has 0 spiro atoms. The van der Waals surface area contributed by atoms with Crippen LogP contribution >= 0.6 is 11.6 Å². The van der Waals surface area contributed by atoms with E-state index >= 15 is 0 Å². The van der Waals surface area contributed by atoms with Gasteiger partial charge < -0.3 is 19.9 Å². The van der Waals surface area contributed by atoms with Gasteiger partial charge in [0.15, 0.2) is 0 Å². The maximum absolute atomic E-state index is 13.2. The molecule has 0 unspecified atom stereocenters. The maximum Gasteiger partial charge on any atom is 0.418 e. The average molecular weight is 525 g/mol. The van der Waals surface area contributed by atoms with Crippen LogP contribution in [-0.4, -0.2) is 55.7 Å². The second-order valence-corrected chi connectivity index (χ2v) is 9.53. The van der Waals surface area contributed by atoms with Crippen molar-refractivity contribution in [3.63, 3.8) is 0 Å². The number of hydrogen-bond donors (Lipinski definition) is 1. The SMILES string of the molecule is O=Nc1ccc(NC2CCC(OCC(=O)N3CCN(c4cccc(Cl)c4)CC3)CC2)cc1C(F)(F)F. The minimum atomic E-state index is -4.65. The van der Waals surface area contributed by atoms with Gasteiger partial charge in [0.05, 0.1) is 11.7 Å².